The van der Waals surface area contributed by atoms with Crippen LogP contribution in [0.15, 0.2) is 48.5 Å². The Morgan fingerprint density at radius 2 is 1.68 bits per heavy atom. The van der Waals surface area contributed by atoms with Crippen LogP contribution in [0.2, 0.25) is 0 Å². The van der Waals surface area contributed by atoms with Gasteiger partial charge in [0, 0.05) is 12.7 Å². The Morgan fingerprint density at radius 3 is 2.27 bits per heavy atom. The number of nitrogens with zero attached hydrogens (tertiary/aromatic N) is 1. The van der Waals surface area contributed by atoms with Crippen molar-refractivity contribution in [1.29, 1.82) is 0 Å². The number of rotatable bonds is 4. The van der Waals surface area contributed by atoms with E-state index in [0.29, 0.717) is 5.69 Å². The van der Waals surface area contributed by atoms with E-state index in [1.165, 1.54) is 48.3 Å². The number of benzene rings is 2. The quantitative estimate of drug-likeness (QED) is 0.940. The first-order chi connectivity index (χ1) is 10.3. The third-order valence-electron chi connectivity index (χ3n) is 2.97. The normalized spacial score (nSPS) is 11.0. The SMILES string of the molecule is CN(C(=O)c1ccccc1NS(C)(=O)=O)c1ccc(F)cc1. The van der Waals surface area contributed by atoms with Crippen molar-refractivity contribution in [1.82, 2.24) is 0 Å². The van der Waals surface area contributed by atoms with Crippen molar-refractivity contribution in [3.05, 3.63) is 59.9 Å². The van der Waals surface area contributed by atoms with Crippen LogP contribution in [0.25, 0.3) is 0 Å². The monoisotopic (exact) mass is 322 g/mol. The van der Waals surface area contributed by atoms with Gasteiger partial charge in [-0.05, 0) is 36.4 Å². The topological polar surface area (TPSA) is 66.5 Å². The molecule has 0 unspecified atom stereocenters. The largest absolute Gasteiger partial charge is 0.311 e. The zero-order valence-electron chi connectivity index (χ0n) is 12.1. The third-order valence-corrected chi connectivity index (χ3v) is 3.56. The van der Waals surface area contributed by atoms with Crippen molar-refractivity contribution < 1.29 is 17.6 Å². The highest BCUT2D eigenvalue weighted by atomic mass is 32.2. The average molecular weight is 322 g/mol. The maximum atomic E-state index is 12.9. The van der Waals surface area contributed by atoms with Crippen LogP contribution < -0.4 is 9.62 Å². The first kappa shape index (κ1) is 16.0. The second-order valence-electron chi connectivity index (χ2n) is 4.76. The van der Waals surface area contributed by atoms with E-state index < -0.39 is 21.7 Å². The average Bonchev–Trinajstić information content (AvgIpc) is 2.45. The maximum absolute atomic E-state index is 12.9. The van der Waals surface area contributed by atoms with Gasteiger partial charge in [-0.25, -0.2) is 12.8 Å². The second kappa shape index (κ2) is 6.15. The zero-order chi connectivity index (χ0) is 16.3. The number of sulfonamides is 1. The highest BCUT2D eigenvalue weighted by Gasteiger charge is 2.18. The molecule has 5 nitrogen and oxygen atoms in total. The number of carbonyl (C=O) groups is 1. The van der Waals surface area contributed by atoms with Gasteiger partial charge < -0.3 is 4.90 Å². The summed E-state index contributed by atoms with van der Waals surface area (Å²) in [5, 5.41) is 0. The van der Waals surface area contributed by atoms with Crippen molar-refractivity contribution in [2.24, 2.45) is 0 Å². The van der Waals surface area contributed by atoms with E-state index in [1.54, 1.807) is 12.1 Å². The van der Waals surface area contributed by atoms with E-state index in [1.807, 2.05) is 0 Å². The molecule has 0 fully saturated rings. The van der Waals surface area contributed by atoms with Gasteiger partial charge in [0.05, 0.1) is 17.5 Å². The fourth-order valence-electron chi connectivity index (χ4n) is 1.92. The van der Waals surface area contributed by atoms with Gasteiger partial charge in [-0.15, -0.1) is 0 Å². The van der Waals surface area contributed by atoms with Gasteiger partial charge in [0.25, 0.3) is 5.91 Å². The lowest BCUT2D eigenvalue weighted by molar-refractivity contribution is 0.0994. The van der Waals surface area contributed by atoms with Gasteiger partial charge in [0.15, 0.2) is 0 Å². The predicted molar refractivity (Wildman–Crippen MR) is 84.0 cm³/mol. The van der Waals surface area contributed by atoms with Crippen molar-refractivity contribution in [2.45, 2.75) is 0 Å². The maximum Gasteiger partial charge on any atom is 0.260 e. The van der Waals surface area contributed by atoms with E-state index in [-0.39, 0.29) is 11.3 Å². The molecular weight excluding hydrogens is 307 g/mol. The summed E-state index contributed by atoms with van der Waals surface area (Å²) < 4.78 is 38.0. The van der Waals surface area contributed by atoms with E-state index >= 15 is 0 Å². The molecule has 2 rings (SSSR count). The molecular formula is C15H15FN2O3S. The molecule has 0 aliphatic rings. The van der Waals surface area contributed by atoms with Gasteiger partial charge in [-0.1, -0.05) is 12.1 Å². The molecule has 22 heavy (non-hydrogen) atoms. The van der Waals surface area contributed by atoms with Gasteiger partial charge in [0.1, 0.15) is 5.82 Å². The molecule has 1 N–H and O–H groups in total. The summed E-state index contributed by atoms with van der Waals surface area (Å²) in [4.78, 5) is 13.9. The predicted octanol–water partition coefficient (Wildman–Crippen LogP) is 2.47. The fraction of sp³-hybridized carbons (Fsp3) is 0.133. The molecule has 2 aromatic rings. The Balaban J connectivity index is 2.35. The minimum absolute atomic E-state index is 0.198. The number of amides is 1. The number of hydrogen-bond acceptors (Lipinski definition) is 3. The van der Waals surface area contributed by atoms with Crippen LogP contribution in [0.4, 0.5) is 15.8 Å². The molecule has 0 aromatic heterocycles. The highest BCUT2D eigenvalue weighted by Crippen LogP contribution is 2.21. The molecule has 0 saturated carbocycles. The lowest BCUT2D eigenvalue weighted by Gasteiger charge is -2.19. The van der Waals surface area contributed by atoms with Gasteiger partial charge in [-0.3, -0.25) is 9.52 Å². The lowest BCUT2D eigenvalue weighted by atomic mass is 10.1. The molecule has 0 spiro atoms. The minimum atomic E-state index is -3.50. The van der Waals surface area contributed by atoms with Crippen molar-refractivity contribution in [3.63, 3.8) is 0 Å². The van der Waals surface area contributed by atoms with Crippen molar-refractivity contribution in [3.8, 4) is 0 Å². The lowest BCUT2D eigenvalue weighted by Crippen LogP contribution is -2.27. The van der Waals surface area contributed by atoms with Crippen LogP contribution >= 0.6 is 0 Å². The summed E-state index contributed by atoms with van der Waals surface area (Å²) >= 11 is 0. The minimum Gasteiger partial charge on any atom is -0.311 e. The summed E-state index contributed by atoms with van der Waals surface area (Å²) in [7, 11) is -1.96. The van der Waals surface area contributed by atoms with Gasteiger partial charge >= 0.3 is 0 Å². The van der Waals surface area contributed by atoms with E-state index in [9.17, 15) is 17.6 Å². The Labute approximate surface area is 128 Å². The number of nitrogens with one attached hydrogen (secondary N) is 1. The summed E-state index contributed by atoms with van der Waals surface area (Å²) in [6.07, 6.45) is 1.01. The van der Waals surface area contributed by atoms with Crippen molar-refractivity contribution >= 4 is 27.3 Å². The highest BCUT2D eigenvalue weighted by molar-refractivity contribution is 7.92. The van der Waals surface area contributed by atoms with Crippen LogP contribution in [0, 0.1) is 5.82 Å². The number of anilines is 2. The number of carbonyl (C=O) groups excluding carboxylic acids is 1. The zero-order valence-corrected chi connectivity index (χ0v) is 12.9. The standard InChI is InChI=1S/C15H15FN2O3S/c1-18(12-9-7-11(16)8-10-12)15(19)13-5-3-4-6-14(13)17-22(2,20)21/h3-10,17H,1-2H3. The Hall–Kier alpha value is -2.41. The third kappa shape index (κ3) is 3.82. The molecule has 2 aromatic carbocycles. The molecule has 0 radical (unpaired) electrons. The smallest absolute Gasteiger partial charge is 0.260 e. The Bertz CT molecular complexity index is 789. The molecule has 0 aliphatic carbocycles. The van der Waals surface area contributed by atoms with E-state index in [2.05, 4.69) is 4.72 Å². The van der Waals surface area contributed by atoms with Crippen LogP contribution in [0.5, 0.6) is 0 Å². The van der Waals surface area contributed by atoms with Crippen LogP contribution in [0.1, 0.15) is 10.4 Å². The summed E-state index contributed by atoms with van der Waals surface area (Å²) in [6.45, 7) is 0. The Morgan fingerprint density at radius 1 is 1.09 bits per heavy atom. The first-order valence-electron chi connectivity index (χ1n) is 6.38. The summed E-state index contributed by atoms with van der Waals surface area (Å²) in [5.74, 6) is -0.804. The van der Waals surface area contributed by atoms with Gasteiger partial charge in [0.2, 0.25) is 10.0 Å². The molecule has 0 saturated heterocycles. The Kier molecular flexibility index (Phi) is 4.46. The molecule has 0 heterocycles. The van der Waals surface area contributed by atoms with Crippen LogP contribution in [-0.4, -0.2) is 27.6 Å². The molecule has 0 aliphatic heterocycles. The fourth-order valence-corrected chi connectivity index (χ4v) is 2.50. The van der Waals surface area contributed by atoms with E-state index in [4.69, 9.17) is 0 Å². The molecule has 0 atom stereocenters. The van der Waals surface area contributed by atoms with Crippen LogP contribution in [0.3, 0.4) is 0 Å². The number of hydrogen-bond donors (Lipinski definition) is 1. The molecule has 0 bridgehead atoms. The summed E-state index contributed by atoms with van der Waals surface area (Å²) in [6, 6.07) is 11.7. The molecule has 7 heteroatoms. The van der Waals surface area contributed by atoms with Crippen molar-refractivity contribution in [2.75, 3.05) is 22.9 Å². The van der Waals surface area contributed by atoms with E-state index in [0.717, 1.165) is 6.26 Å². The summed E-state index contributed by atoms with van der Waals surface area (Å²) in [5.41, 5.74) is 0.907. The number of halogens is 1. The molecule has 1 amide bonds. The first-order valence-corrected chi connectivity index (χ1v) is 8.27. The molecule has 116 valence electrons. The van der Waals surface area contributed by atoms with Gasteiger partial charge in [-0.2, -0.15) is 0 Å². The van der Waals surface area contributed by atoms with Crippen LogP contribution in [-0.2, 0) is 10.0 Å². The number of para-hydroxylation sites is 1. The second-order valence-corrected chi connectivity index (χ2v) is 6.51.